The lowest BCUT2D eigenvalue weighted by Crippen LogP contribution is -2.37. The topological polar surface area (TPSA) is 208 Å². The van der Waals surface area contributed by atoms with Crippen LogP contribution in [0.5, 0.6) is 11.5 Å². The van der Waals surface area contributed by atoms with Gasteiger partial charge >= 0.3 is 0 Å². The number of sulfonamides is 1. The van der Waals surface area contributed by atoms with Gasteiger partial charge in [0.15, 0.2) is 11.6 Å². The molecular weight excluding hydrogens is 654 g/mol. The van der Waals surface area contributed by atoms with Crippen LogP contribution in [-0.2, 0) is 19.5 Å². The van der Waals surface area contributed by atoms with Crippen LogP contribution in [0.15, 0.2) is 75.3 Å². The van der Waals surface area contributed by atoms with E-state index in [0.29, 0.717) is 45.0 Å². The van der Waals surface area contributed by atoms with Crippen molar-refractivity contribution in [2.75, 3.05) is 40.5 Å². The van der Waals surface area contributed by atoms with Gasteiger partial charge in [-0.05, 0) is 112 Å². The molecule has 17 nitrogen and oxygen atoms in total. The SMILES string of the molecule is COCCN(CCOC)S(=O)(=O)C1=CC(=C(c2cc(C=Nn3nnnc3C)ccc2O)c2cc(C=Nn3nnnc3C)ccc2O)CC=C1. The van der Waals surface area contributed by atoms with Gasteiger partial charge < -0.3 is 19.7 Å². The van der Waals surface area contributed by atoms with Crippen molar-refractivity contribution in [2.45, 2.75) is 20.3 Å². The molecule has 2 heterocycles. The summed E-state index contributed by atoms with van der Waals surface area (Å²) in [5.74, 6) is 0.706. The number of allylic oxidation sites excluding steroid dienone is 4. The molecule has 2 aromatic heterocycles. The Bertz CT molecular complexity index is 1950. The van der Waals surface area contributed by atoms with Crippen LogP contribution < -0.4 is 0 Å². The number of aromatic hydroxyl groups is 2. The van der Waals surface area contributed by atoms with Crippen molar-refractivity contribution in [1.82, 2.24) is 44.9 Å². The maximum Gasteiger partial charge on any atom is 0.243 e. The number of aryl methyl sites for hydroxylation is 2. The maximum absolute atomic E-state index is 13.9. The zero-order chi connectivity index (χ0) is 35.0. The van der Waals surface area contributed by atoms with Gasteiger partial charge in [0.1, 0.15) is 11.5 Å². The van der Waals surface area contributed by atoms with Crippen molar-refractivity contribution in [1.29, 1.82) is 0 Å². The van der Waals surface area contributed by atoms with Crippen LogP contribution in [0.2, 0.25) is 0 Å². The number of benzene rings is 2. The molecule has 1 aliphatic carbocycles. The van der Waals surface area contributed by atoms with E-state index in [1.807, 2.05) is 0 Å². The molecule has 0 saturated carbocycles. The van der Waals surface area contributed by atoms with E-state index in [1.54, 1.807) is 50.3 Å². The molecule has 0 fully saturated rings. The highest BCUT2D eigenvalue weighted by molar-refractivity contribution is 7.93. The molecule has 0 bridgehead atoms. The van der Waals surface area contributed by atoms with Crippen LogP contribution in [-0.4, -0.2) is 117 Å². The summed E-state index contributed by atoms with van der Waals surface area (Å²) in [6, 6.07) is 9.63. The highest BCUT2D eigenvalue weighted by Gasteiger charge is 2.28. The van der Waals surface area contributed by atoms with E-state index in [9.17, 15) is 18.6 Å². The summed E-state index contributed by atoms with van der Waals surface area (Å²) in [4.78, 5) is 2.52. The van der Waals surface area contributed by atoms with Crippen LogP contribution in [0.25, 0.3) is 5.57 Å². The molecule has 2 N–H and O–H groups in total. The fraction of sp³-hybridized carbons (Fsp3) is 0.290. The quantitative estimate of drug-likeness (QED) is 0.182. The number of hydrogen-bond donors (Lipinski definition) is 2. The Kier molecular flexibility index (Phi) is 11.1. The summed E-state index contributed by atoms with van der Waals surface area (Å²) < 4.78 is 39.5. The normalized spacial score (nSPS) is 13.7. The number of phenols is 2. The Hall–Kier alpha value is -5.43. The zero-order valence-corrected chi connectivity index (χ0v) is 28.1. The number of ether oxygens (including phenoxy) is 2. The fourth-order valence-corrected chi connectivity index (χ4v) is 6.36. The highest BCUT2D eigenvalue weighted by atomic mass is 32.2. The van der Waals surface area contributed by atoms with Gasteiger partial charge in [-0.25, -0.2) is 8.42 Å². The molecule has 2 aromatic carbocycles. The molecule has 0 unspecified atom stereocenters. The molecule has 0 aliphatic heterocycles. The summed E-state index contributed by atoms with van der Waals surface area (Å²) in [5, 5.41) is 53.6. The van der Waals surface area contributed by atoms with Crippen LogP contribution >= 0.6 is 0 Å². The average Bonchev–Trinajstić information content (AvgIpc) is 3.71. The third-order valence-corrected chi connectivity index (χ3v) is 9.30. The molecule has 5 rings (SSSR count). The first-order valence-corrected chi connectivity index (χ1v) is 16.4. The lowest BCUT2D eigenvalue weighted by atomic mass is 9.87. The molecule has 0 radical (unpaired) electrons. The molecule has 256 valence electrons. The molecule has 1 aliphatic rings. The molecule has 18 heteroatoms. The zero-order valence-electron chi connectivity index (χ0n) is 27.2. The number of hydrogen-bond acceptors (Lipinski definition) is 14. The van der Waals surface area contributed by atoms with Crippen molar-refractivity contribution >= 4 is 28.0 Å². The average molecular weight is 690 g/mol. The molecular formula is C31H35N11O6S. The summed E-state index contributed by atoms with van der Waals surface area (Å²) in [6.45, 7) is 4.00. The van der Waals surface area contributed by atoms with Gasteiger partial charge in [-0.3, -0.25) is 0 Å². The van der Waals surface area contributed by atoms with E-state index in [2.05, 4.69) is 41.3 Å². The summed E-state index contributed by atoms with van der Waals surface area (Å²) in [6.07, 6.45) is 8.13. The molecule has 0 amide bonds. The van der Waals surface area contributed by atoms with Crippen LogP contribution in [0.4, 0.5) is 0 Å². The summed E-state index contributed by atoms with van der Waals surface area (Å²) >= 11 is 0. The predicted molar refractivity (Wildman–Crippen MR) is 179 cm³/mol. The lowest BCUT2D eigenvalue weighted by Gasteiger charge is -2.24. The first-order chi connectivity index (χ1) is 23.6. The van der Waals surface area contributed by atoms with Crippen LogP contribution in [0.3, 0.4) is 0 Å². The minimum Gasteiger partial charge on any atom is -0.507 e. The number of nitrogens with zero attached hydrogens (tertiary/aromatic N) is 11. The second-order valence-electron chi connectivity index (χ2n) is 10.7. The first-order valence-electron chi connectivity index (χ1n) is 15.0. The van der Waals surface area contributed by atoms with Gasteiger partial charge in [0.05, 0.1) is 30.5 Å². The minimum atomic E-state index is -4.01. The summed E-state index contributed by atoms with van der Waals surface area (Å²) in [7, 11) is -1.01. The third-order valence-electron chi connectivity index (χ3n) is 7.40. The van der Waals surface area contributed by atoms with E-state index >= 15 is 0 Å². The largest absolute Gasteiger partial charge is 0.507 e. The van der Waals surface area contributed by atoms with Crippen LogP contribution in [0, 0.1) is 13.8 Å². The van der Waals surface area contributed by atoms with Crippen molar-refractivity contribution in [3.05, 3.63) is 99.0 Å². The van der Waals surface area contributed by atoms with Crippen molar-refractivity contribution in [3.8, 4) is 11.5 Å². The second-order valence-corrected chi connectivity index (χ2v) is 12.7. The number of aromatic nitrogens is 8. The molecule has 0 spiro atoms. The van der Waals surface area contributed by atoms with Gasteiger partial charge in [0.25, 0.3) is 0 Å². The Morgan fingerprint density at radius 3 is 1.84 bits per heavy atom. The van der Waals surface area contributed by atoms with Crippen molar-refractivity contribution in [2.24, 2.45) is 10.2 Å². The monoisotopic (exact) mass is 689 g/mol. The van der Waals surface area contributed by atoms with Gasteiger partial charge in [-0.2, -0.15) is 14.5 Å². The predicted octanol–water partition coefficient (Wildman–Crippen LogP) is 2.02. The molecule has 4 aromatic rings. The molecule has 0 saturated heterocycles. The standard InChI is InChI=1S/C31H35N11O6S/c1-21-34-36-38-41(21)32-19-23-8-10-29(43)27(16-23)31(28-17-24(9-11-30(28)44)20-33-42-22(2)35-37-39-42)25-6-5-7-26(18-25)49(45,46)40(12-14-47-3)13-15-48-4/h5,7-11,16-20,43-44H,6,12-15H2,1-4H3. The number of phenolic OH excluding ortho intramolecular Hbond substituents is 2. The molecule has 0 atom stereocenters. The summed E-state index contributed by atoms with van der Waals surface area (Å²) in [5.41, 5.74) is 2.66. The Balaban J connectivity index is 1.68. The Morgan fingerprint density at radius 2 is 1.39 bits per heavy atom. The fourth-order valence-electron chi connectivity index (χ4n) is 4.87. The minimum absolute atomic E-state index is 0.0242. The second kappa shape index (κ2) is 15.6. The van der Waals surface area contributed by atoms with Crippen LogP contribution in [0.1, 0.15) is 40.3 Å². The van der Waals surface area contributed by atoms with Crippen molar-refractivity contribution in [3.63, 3.8) is 0 Å². The van der Waals surface area contributed by atoms with E-state index in [0.717, 1.165) is 0 Å². The first kappa shape index (κ1) is 34.9. The number of tetrazole rings is 2. The van der Waals surface area contributed by atoms with E-state index in [-0.39, 0.29) is 49.1 Å². The number of rotatable bonds is 14. The van der Waals surface area contributed by atoms with Gasteiger partial charge in [0.2, 0.25) is 10.0 Å². The Morgan fingerprint density at radius 1 is 0.878 bits per heavy atom. The van der Waals surface area contributed by atoms with Crippen molar-refractivity contribution < 1.29 is 28.1 Å². The van der Waals surface area contributed by atoms with E-state index < -0.39 is 10.0 Å². The maximum atomic E-state index is 13.9. The lowest BCUT2D eigenvalue weighted by molar-refractivity contribution is 0.151. The van der Waals surface area contributed by atoms with E-state index in [1.165, 1.54) is 58.7 Å². The molecule has 49 heavy (non-hydrogen) atoms. The third kappa shape index (κ3) is 8.18. The van der Waals surface area contributed by atoms with E-state index in [4.69, 9.17) is 9.47 Å². The van der Waals surface area contributed by atoms with Gasteiger partial charge in [-0.1, -0.05) is 6.08 Å². The van der Waals surface area contributed by atoms with Gasteiger partial charge in [0, 0.05) is 38.4 Å². The highest BCUT2D eigenvalue weighted by Crippen LogP contribution is 2.41. The number of methoxy groups -OCH3 is 2. The Labute approximate surface area is 282 Å². The smallest absolute Gasteiger partial charge is 0.243 e. The van der Waals surface area contributed by atoms with Gasteiger partial charge in [-0.15, -0.1) is 19.8 Å².